The smallest absolute Gasteiger partial charge is 0.244 e. The number of anilines is 1. The Balaban J connectivity index is 1.48. The first-order chi connectivity index (χ1) is 14.0. The van der Waals surface area contributed by atoms with Crippen molar-refractivity contribution in [2.45, 2.75) is 13.8 Å². The Kier molecular flexibility index (Phi) is 6.57. The summed E-state index contributed by atoms with van der Waals surface area (Å²) in [5.41, 5.74) is 0.929. The number of amides is 1. The predicted octanol–water partition coefficient (Wildman–Crippen LogP) is 2.53. The first-order valence-electron chi connectivity index (χ1n) is 9.25. The van der Waals surface area contributed by atoms with Crippen LogP contribution in [0.4, 0.5) is 5.82 Å². The van der Waals surface area contributed by atoms with Crippen LogP contribution in [0, 0.1) is 13.8 Å². The molecule has 2 N–H and O–H groups in total. The highest BCUT2D eigenvalue weighted by Crippen LogP contribution is 2.13. The molecule has 0 bridgehead atoms. The maximum atomic E-state index is 12.0. The molecule has 8 nitrogen and oxygen atoms in total. The highest BCUT2D eigenvalue weighted by Gasteiger charge is 2.06. The largest absolute Gasteiger partial charge is 0.497 e. The summed E-state index contributed by atoms with van der Waals surface area (Å²) in [6, 6.07) is 9.34. The lowest BCUT2D eigenvalue weighted by Crippen LogP contribution is -2.27. The van der Waals surface area contributed by atoms with Crippen molar-refractivity contribution >= 4 is 17.8 Å². The molecule has 0 saturated heterocycles. The highest BCUT2D eigenvalue weighted by atomic mass is 16.5. The molecule has 0 unspecified atom stereocenters. The van der Waals surface area contributed by atoms with Gasteiger partial charge in [-0.3, -0.25) is 9.36 Å². The molecule has 2 aromatic heterocycles. The Morgan fingerprint density at radius 1 is 1.17 bits per heavy atom. The molecule has 29 heavy (non-hydrogen) atoms. The lowest BCUT2D eigenvalue weighted by molar-refractivity contribution is -0.116. The third-order valence-corrected chi connectivity index (χ3v) is 4.17. The summed E-state index contributed by atoms with van der Waals surface area (Å²) in [6.45, 7) is 4.77. The second-order valence-corrected chi connectivity index (χ2v) is 6.33. The minimum atomic E-state index is -0.156. The van der Waals surface area contributed by atoms with Gasteiger partial charge in [0.1, 0.15) is 29.0 Å². The molecule has 0 radical (unpaired) electrons. The molecule has 0 spiro atoms. The van der Waals surface area contributed by atoms with Crippen molar-refractivity contribution in [1.29, 1.82) is 0 Å². The Hall–Kier alpha value is -3.68. The summed E-state index contributed by atoms with van der Waals surface area (Å²) in [6.07, 6.45) is 6.86. The van der Waals surface area contributed by atoms with Crippen LogP contribution in [0.15, 0.2) is 48.8 Å². The SMILES string of the molecule is COc1ccc(/C=C/C(=O)NCCNc2cc(-n3ccnc3C)nc(C)n2)cc1. The van der Waals surface area contributed by atoms with E-state index < -0.39 is 0 Å². The average molecular weight is 392 g/mol. The molecular weight excluding hydrogens is 368 g/mol. The molecule has 150 valence electrons. The number of aryl methyl sites for hydroxylation is 2. The summed E-state index contributed by atoms with van der Waals surface area (Å²) in [5, 5.41) is 6.05. The standard InChI is InChI=1S/C21H24N6O2/c1-15-25-19(14-20(26-15)27-13-12-22-16(27)2)23-10-11-24-21(28)9-6-17-4-7-18(29-3)8-5-17/h4-9,12-14H,10-11H2,1-3H3,(H,24,28)(H,23,25,26)/b9-6+. The van der Waals surface area contributed by atoms with Crippen LogP contribution in [-0.2, 0) is 4.79 Å². The van der Waals surface area contributed by atoms with Gasteiger partial charge in [-0.15, -0.1) is 0 Å². The zero-order valence-electron chi connectivity index (χ0n) is 16.7. The van der Waals surface area contributed by atoms with Crippen molar-refractivity contribution in [3.05, 3.63) is 66.0 Å². The van der Waals surface area contributed by atoms with Gasteiger partial charge in [0.05, 0.1) is 7.11 Å². The molecule has 0 aliphatic rings. The monoisotopic (exact) mass is 392 g/mol. The van der Waals surface area contributed by atoms with Crippen LogP contribution in [0.3, 0.4) is 0 Å². The average Bonchev–Trinajstić information content (AvgIpc) is 3.15. The minimum Gasteiger partial charge on any atom is -0.497 e. The molecule has 2 heterocycles. The maximum absolute atomic E-state index is 12.0. The van der Waals surface area contributed by atoms with Gasteiger partial charge in [-0.1, -0.05) is 12.1 Å². The molecule has 8 heteroatoms. The molecule has 3 rings (SSSR count). The van der Waals surface area contributed by atoms with Crippen LogP contribution >= 0.6 is 0 Å². The van der Waals surface area contributed by atoms with Crippen LogP contribution in [0.25, 0.3) is 11.9 Å². The third kappa shape index (κ3) is 5.65. The second-order valence-electron chi connectivity index (χ2n) is 6.33. The Bertz CT molecular complexity index is 995. The highest BCUT2D eigenvalue weighted by molar-refractivity contribution is 5.91. The lowest BCUT2D eigenvalue weighted by atomic mass is 10.2. The van der Waals surface area contributed by atoms with Gasteiger partial charge in [-0.2, -0.15) is 0 Å². The number of benzene rings is 1. The van der Waals surface area contributed by atoms with Crippen LogP contribution < -0.4 is 15.4 Å². The molecular formula is C21H24N6O2. The summed E-state index contributed by atoms with van der Waals surface area (Å²) in [4.78, 5) is 25.0. The van der Waals surface area contributed by atoms with Gasteiger partial charge in [0.2, 0.25) is 5.91 Å². The molecule has 3 aromatic rings. The molecule has 0 saturated carbocycles. The van der Waals surface area contributed by atoms with Crippen molar-refractivity contribution in [1.82, 2.24) is 24.8 Å². The van der Waals surface area contributed by atoms with Crippen LogP contribution in [0.1, 0.15) is 17.2 Å². The number of ether oxygens (including phenoxy) is 1. The fraction of sp³-hybridized carbons (Fsp3) is 0.238. The topological polar surface area (TPSA) is 94.0 Å². The van der Waals surface area contributed by atoms with E-state index in [1.807, 2.05) is 54.9 Å². The van der Waals surface area contributed by atoms with E-state index in [0.29, 0.717) is 24.7 Å². The molecule has 1 aromatic carbocycles. The summed E-state index contributed by atoms with van der Waals surface area (Å²) < 4.78 is 7.01. The van der Waals surface area contributed by atoms with Crippen LogP contribution in [0.2, 0.25) is 0 Å². The summed E-state index contributed by atoms with van der Waals surface area (Å²) >= 11 is 0. The number of aromatic nitrogens is 4. The van der Waals surface area contributed by atoms with Crippen molar-refractivity contribution in [3.63, 3.8) is 0 Å². The van der Waals surface area contributed by atoms with Crippen LogP contribution in [0.5, 0.6) is 5.75 Å². The zero-order chi connectivity index (χ0) is 20.6. The van der Waals surface area contributed by atoms with Crippen molar-refractivity contribution < 1.29 is 9.53 Å². The fourth-order valence-corrected chi connectivity index (χ4v) is 2.71. The molecule has 0 aliphatic carbocycles. The summed E-state index contributed by atoms with van der Waals surface area (Å²) in [7, 11) is 1.62. The number of hydrogen-bond acceptors (Lipinski definition) is 6. The second kappa shape index (κ2) is 9.50. The molecule has 0 atom stereocenters. The fourth-order valence-electron chi connectivity index (χ4n) is 2.71. The van der Waals surface area contributed by atoms with Gasteiger partial charge in [-0.05, 0) is 37.6 Å². The number of hydrogen-bond donors (Lipinski definition) is 2. The van der Waals surface area contributed by atoms with E-state index in [1.54, 1.807) is 19.4 Å². The third-order valence-electron chi connectivity index (χ3n) is 4.17. The number of carbonyl (C=O) groups excluding carboxylic acids is 1. The minimum absolute atomic E-state index is 0.156. The summed E-state index contributed by atoms with van der Waals surface area (Å²) in [5.74, 6) is 3.58. The zero-order valence-corrected chi connectivity index (χ0v) is 16.7. The Morgan fingerprint density at radius 2 is 1.97 bits per heavy atom. The number of nitrogens with one attached hydrogen (secondary N) is 2. The van der Waals surface area contributed by atoms with E-state index in [9.17, 15) is 4.79 Å². The van der Waals surface area contributed by atoms with Gasteiger partial charge < -0.3 is 15.4 Å². The van der Waals surface area contributed by atoms with E-state index in [4.69, 9.17) is 4.74 Å². The normalized spacial score (nSPS) is 10.9. The number of imidazole rings is 1. The number of methoxy groups -OCH3 is 1. The van der Waals surface area contributed by atoms with Crippen molar-refractivity contribution in [2.75, 3.05) is 25.5 Å². The van der Waals surface area contributed by atoms with E-state index in [-0.39, 0.29) is 5.91 Å². The van der Waals surface area contributed by atoms with Crippen molar-refractivity contribution in [2.24, 2.45) is 0 Å². The molecule has 0 fully saturated rings. The number of carbonyl (C=O) groups is 1. The van der Waals surface area contributed by atoms with E-state index in [0.717, 1.165) is 23.0 Å². The quantitative estimate of drug-likeness (QED) is 0.452. The number of rotatable bonds is 8. The number of nitrogens with zero attached hydrogens (tertiary/aromatic N) is 4. The Morgan fingerprint density at radius 3 is 2.66 bits per heavy atom. The first-order valence-corrected chi connectivity index (χ1v) is 9.25. The van der Waals surface area contributed by atoms with E-state index in [1.165, 1.54) is 6.08 Å². The van der Waals surface area contributed by atoms with E-state index in [2.05, 4.69) is 25.6 Å². The molecule has 1 amide bonds. The first kappa shape index (κ1) is 20.1. The molecule has 0 aliphatic heterocycles. The Labute approximate surface area is 169 Å². The van der Waals surface area contributed by atoms with E-state index >= 15 is 0 Å². The van der Waals surface area contributed by atoms with Crippen molar-refractivity contribution in [3.8, 4) is 11.6 Å². The van der Waals surface area contributed by atoms with Gasteiger partial charge in [-0.25, -0.2) is 15.0 Å². The lowest BCUT2D eigenvalue weighted by Gasteiger charge is -2.10. The van der Waals surface area contributed by atoms with Gasteiger partial charge in [0.15, 0.2) is 0 Å². The van der Waals surface area contributed by atoms with Gasteiger partial charge >= 0.3 is 0 Å². The maximum Gasteiger partial charge on any atom is 0.244 e. The predicted molar refractivity (Wildman–Crippen MR) is 112 cm³/mol. The van der Waals surface area contributed by atoms with Crippen LogP contribution in [-0.4, -0.2) is 45.6 Å². The van der Waals surface area contributed by atoms with Gasteiger partial charge in [0.25, 0.3) is 0 Å². The van der Waals surface area contributed by atoms with Gasteiger partial charge in [0, 0.05) is 37.6 Å².